The van der Waals surface area contributed by atoms with Crippen molar-refractivity contribution in [2.24, 2.45) is 0 Å². The molecule has 9 nitrogen and oxygen atoms in total. The lowest BCUT2D eigenvalue weighted by molar-refractivity contribution is -0.138. The molecule has 3 aromatic rings. The Labute approximate surface area is 213 Å². The summed E-state index contributed by atoms with van der Waals surface area (Å²) >= 11 is 0. The van der Waals surface area contributed by atoms with E-state index in [2.05, 4.69) is 20.4 Å². The number of carbonyl (C=O) groups is 1. The van der Waals surface area contributed by atoms with Gasteiger partial charge in [0.25, 0.3) is 5.91 Å². The van der Waals surface area contributed by atoms with E-state index in [1.807, 2.05) is 0 Å². The summed E-state index contributed by atoms with van der Waals surface area (Å²) in [7, 11) is -3.40. The van der Waals surface area contributed by atoms with Crippen molar-refractivity contribution in [3.05, 3.63) is 59.2 Å². The second kappa shape index (κ2) is 10.5. The predicted molar refractivity (Wildman–Crippen MR) is 129 cm³/mol. The maximum Gasteiger partial charge on any atom is 0.421 e. The lowest BCUT2D eigenvalue weighted by Crippen LogP contribution is -2.27. The average molecular weight is 540 g/mol. The first kappa shape index (κ1) is 28.1. The number of hydrogen-bond donors (Lipinski definition) is 1. The molecule has 3 heterocycles. The molecule has 0 radical (unpaired) electrons. The Kier molecular flexibility index (Phi) is 7.96. The van der Waals surface area contributed by atoms with Crippen LogP contribution in [0.25, 0.3) is 0 Å². The molecule has 0 fully saturated rings. The maximum atomic E-state index is 13.5. The minimum atomic E-state index is -4.69. The van der Waals surface area contributed by atoms with Gasteiger partial charge < -0.3 is 10.1 Å². The second-order valence-corrected chi connectivity index (χ2v) is 11.4. The number of sulfone groups is 1. The molecule has 0 bridgehead atoms. The number of aromatic nitrogens is 4. The van der Waals surface area contributed by atoms with Gasteiger partial charge in [0.15, 0.2) is 15.5 Å². The topological polar surface area (TPSA) is 116 Å². The number of ether oxygens (including phenoxy) is 1. The zero-order valence-corrected chi connectivity index (χ0v) is 21.9. The fourth-order valence-corrected chi connectivity index (χ4v) is 4.22. The SMILES string of the molecule is CCc1c(C(=O)NCc2ccc(S(=O)(=O)CC)cn2)nn(C(C)(C)C)c1Oc1ncccc1C(F)(F)F. The number of rotatable bonds is 8. The van der Waals surface area contributed by atoms with E-state index in [0.29, 0.717) is 11.3 Å². The largest absolute Gasteiger partial charge is 0.421 e. The minimum absolute atomic E-state index is 0.0119. The summed E-state index contributed by atoms with van der Waals surface area (Å²) in [6.45, 7) is 8.55. The molecule has 0 aliphatic rings. The summed E-state index contributed by atoms with van der Waals surface area (Å²) in [4.78, 5) is 21.0. The van der Waals surface area contributed by atoms with Crippen molar-refractivity contribution in [1.29, 1.82) is 0 Å². The van der Waals surface area contributed by atoms with Crippen molar-refractivity contribution in [3.63, 3.8) is 0 Å². The van der Waals surface area contributed by atoms with Gasteiger partial charge in [-0.05, 0) is 51.5 Å². The first-order valence-corrected chi connectivity index (χ1v) is 13.1. The molecule has 0 saturated carbocycles. The van der Waals surface area contributed by atoms with Gasteiger partial charge in [0.05, 0.1) is 28.4 Å². The summed E-state index contributed by atoms with van der Waals surface area (Å²) in [6.07, 6.45) is -2.04. The molecular weight excluding hydrogens is 511 g/mol. The van der Waals surface area contributed by atoms with Gasteiger partial charge >= 0.3 is 6.18 Å². The van der Waals surface area contributed by atoms with Crippen molar-refractivity contribution >= 4 is 15.7 Å². The molecule has 0 atom stereocenters. The van der Waals surface area contributed by atoms with Crippen LogP contribution in [-0.4, -0.2) is 39.8 Å². The molecule has 3 rings (SSSR count). The molecule has 0 aromatic carbocycles. The Morgan fingerprint density at radius 3 is 2.35 bits per heavy atom. The van der Waals surface area contributed by atoms with Gasteiger partial charge in [-0.1, -0.05) is 13.8 Å². The lowest BCUT2D eigenvalue weighted by Gasteiger charge is -2.22. The van der Waals surface area contributed by atoms with Gasteiger partial charge in [-0.3, -0.25) is 9.78 Å². The van der Waals surface area contributed by atoms with Crippen molar-refractivity contribution in [1.82, 2.24) is 25.1 Å². The third-order valence-corrected chi connectivity index (χ3v) is 7.10. The highest BCUT2D eigenvalue weighted by Gasteiger charge is 2.37. The van der Waals surface area contributed by atoms with Crippen LogP contribution in [0, 0.1) is 0 Å². The van der Waals surface area contributed by atoms with E-state index in [0.717, 1.165) is 12.1 Å². The van der Waals surface area contributed by atoms with Crippen LogP contribution < -0.4 is 10.1 Å². The fourth-order valence-electron chi connectivity index (χ4n) is 3.40. The summed E-state index contributed by atoms with van der Waals surface area (Å²) in [6, 6.07) is 4.93. The van der Waals surface area contributed by atoms with E-state index in [1.165, 1.54) is 36.1 Å². The van der Waals surface area contributed by atoms with Crippen molar-refractivity contribution in [2.75, 3.05) is 5.75 Å². The standard InChI is InChI=1S/C24H28F3N5O4S/c1-6-17-19(20(33)30-13-15-10-11-16(14-29-15)37(34,35)7-2)31-32(23(3,4)5)22(17)36-21-18(24(25,26)27)9-8-12-28-21/h8-12,14H,6-7,13H2,1-5H3,(H,30,33). The molecule has 0 spiro atoms. The Morgan fingerprint density at radius 1 is 1.11 bits per heavy atom. The van der Waals surface area contributed by atoms with Gasteiger partial charge in [-0.25, -0.2) is 18.1 Å². The maximum absolute atomic E-state index is 13.5. The molecule has 1 amide bonds. The molecule has 0 saturated heterocycles. The summed E-state index contributed by atoms with van der Waals surface area (Å²) in [5.74, 6) is -1.31. The first-order chi connectivity index (χ1) is 17.2. The molecule has 0 aliphatic heterocycles. The number of carbonyl (C=O) groups excluding carboxylic acids is 1. The number of hydrogen-bond acceptors (Lipinski definition) is 7. The Bertz CT molecular complexity index is 1380. The second-order valence-electron chi connectivity index (χ2n) is 9.10. The van der Waals surface area contributed by atoms with Crippen LogP contribution in [0.5, 0.6) is 11.8 Å². The van der Waals surface area contributed by atoms with Gasteiger partial charge in [-0.2, -0.15) is 18.3 Å². The van der Waals surface area contributed by atoms with E-state index in [4.69, 9.17) is 4.74 Å². The van der Waals surface area contributed by atoms with Gasteiger partial charge in [0.1, 0.15) is 5.56 Å². The number of halogens is 3. The number of amides is 1. The quantitative estimate of drug-likeness (QED) is 0.447. The Balaban J connectivity index is 1.93. The molecular formula is C24H28F3N5O4S. The van der Waals surface area contributed by atoms with Crippen LogP contribution in [0.2, 0.25) is 0 Å². The van der Waals surface area contributed by atoms with Gasteiger partial charge in [0.2, 0.25) is 11.8 Å². The number of pyridine rings is 2. The van der Waals surface area contributed by atoms with Crippen LogP contribution in [0.4, 0.5) is 13.2 Å². The molecule has 0 aliphatic carbocycles. The molecule has 37 heavy (non-hydrogen) atoms. The summed E-state index contributed by atoms with van der Waals surface area (Å²) in [5.41, 5.74) is -1.08. The first-order valence-electron chi connectivity index (χ1n) is 11.5. The van der Waals surface area contributed by atoms with Gasteiger partial charge in [-0.15, -0.1) is 0 Å². The van der Waals surface area contributed by atoms with E-state index >= 15 is 0 Å². The Morgan fingerprint density at radius 2 is 1.81 bits per heavy atom. The van der Waals surface area contributed by atoms with Crippen LogP contribution >= 0.6 is 0 Å². The van der Waals surface area contributed by atoms with Crippen LogP contribution in [-0.2, 0) is 34.5 Å². The summed E-state index contributed by atoms with van der Waals surface area (Å²) < 4.78 is 71.5. The van der Waals surface area contributed by atoms with Crippen LogP contribution in [0.15, 0.2) is 41.6 Å². The normalized spacial score (nSPS) is 12.4. The molecule has 1 N–H and O–H groups in total. The lowest BCUT2D eigenvalue weighted by atomic mass is 10.1. The van der Waals surface area contributed by atoms with E-state index < -0.39 is 38.9 Å². The van der Waals surface area contributed by atoms with Crippen LogP contribution in [0.1, 0.15) is 61.9 Å². The number of alkyl halides is 3. The van der Waals surface area contributed by atoms with E-state index in [-0.39, 0.29) is 35.2 Å². The Hall–Kier alpha value is -3.48. The zero-order chi connectivity index (χ0) is 27.6. The molecule has 13 heteroatoms. The molecule has 3 aromatic heterocycles. The third kappa shape index (κ3) is 6.27. The highest BCUT2D eigenvalue weighted by Crippen LogP contribution is 2.39. The zero-order valence-electron chi connectivity index (χ0n) is 21.0. The fraction of sp³-hybridized carbons (Fsp3) is 0.417. The molecule has 0 unspecified atom stereocenters. The highest BCUT2D eigenvalue weighted by molar-refractivity contribution is 7.91. The predicted octanol–water partition coefficient (Wildman–Crippen LogP) is 4.53. The summed E-state index contributed by atoms with van der Waals surface area (Å²) in [5, 5.41) is 7.06. The average Bonchev–Trinajstić information content (AvgIpc) is 3.21. The van der Waals surface area contributed by atoms with Crippen LogP contribution in [0.3, 0.4) is 0 Å². The van der Waals surface area contributed by atoms with Gasteiger partial charge in [0, 0.05) is 18.0 Å². The van der Waals surface area contributed by atoms with E-state index in [1.54, 1.807) is 27.7 Å². The monoisotopic (exact) mass is 539 g/mol. The smallest absolute Gasteiger partial charge is 0.420 e. The van der Waals surface area contributed by atoms with Crippen molar-refractivity contribution in [3.8, 4) is 11.8 Å². The number of nitrogens with one attached hydrogen (secondary N) is 1. The van der Waals surface area contributed by atoms with E-state index in [9.17, 15) is 26.4 Å². The molecule has 200 valence electrons. The highest BCUT2D eigenvalue weighted by atomic mass is 32.2. The number of nitrogens with zero attached hydrogens (tertiary/aromatic N) is 4. The van der Waals surface area contributed by atoms with Crippen molar-refractivity contribution < 1.29 is 31.1 Å². The van der Waals surface area contributed by atoms with Crippen molar-refractivity contribution in [2.45, 2.75) is 64.2 Å². The third-order valence-electron chi connectivity index (χ3n) is 5.38. The minimum Gasteiger partial charge on any atom is -0.420 e.